The van der Waals surface area contributed by atoms with Gasteiger partial charge in [0.25, 0.3) is 0 Å². The fraction of sp³-hybridized carbons (Fsp3) is 0.750. The van der Waals surface area contributed by atoms with Gasteiger partial charge in [-0.05, 0) is 31.8 Å². The molecule has 1 fully saturated rings. The van der Waals surface area contributed by atoms with Gasteiger partial charge >= 0.3 is 0 Å². The van der Waals surface area contributed by atoms with Crippen LogP contribution >= 0.6 is 11.3 Å². The van der Waals surface area contributed by atoms with E-state index >= 15 is 0 Å². The molecule has 0 aromatic carbocycles. The molecule has 1 saturated heterocycles. The van der Waals surface area contributed by atoms with Crippen molar-refractivity contribution in [3.8, 4) is 0 Å². The van der Waals surface area contributed by atoms with Crippen LogP contribution in [0.4, 0.5) is 0 Å². The lowest BCUT2D eigenvalue weighted by molar-refractivity contribution is 0.317. The number of aromatic nitrogens is 1. The standard InChI is InChI=1S/C12H21N3S/c1-2-3-11-9-16-12(14-11)8-15-5-4-10(6-13)7-15/h9-10H,2-8,13H2,1H3. The Labute approximate surface area is 102 Å². The van der Waals surface area contributed by atoms with E-state index in [0.717, 1.165) is 26.1 Å². The van der Waals surface area contributed by atoms with E-state index in [1.807, 2.05) is 0 Å². The third-order valence-electron chi connectivity index (χ3n) is 3.17. The Morgan fingerprint density at radius 2 is 2.50 bits per heavy atom. The molecule has 1 aliphatic heterocycles. The lowest BCUT2D eigenvalue weighted by atomic mass is 10.1. The summed E-state index contributed by atoms with van der Waals surface area (Å²) in [5.41, 5.74) is 6.95. The van der Waals surface area contributed by atoms with Crippen molar-refractivity contribution in [1.82, 2.24) is 9.88 Å². The number of hydrogen-bond acceptors (Lipinski definition) is 4. The van der Waals surface area contributed by atoms with Gasteiger partial charge in [-0.3, -0.25) is 4.90 Å². The van der Waals surface area contributed by atoms with E-state index in [4.69, 9.17) is 5.73 Å². The van der Waals surface area contributed by atoms with Crippen LogP contribution < -0.4 is 5.73 Å². The molecule has 3 nitrogen and oxygen atoms in total. The monoisotopic (exact) mass is 239 g/mol. The van der Waals surface area contributed by atoms with Crippen molar-refractivity contribution in [2.45, 2.75) is 32.7 Å². The minimum atomic E-state index is 0.704. The topological polar surface area (TPSA) is 42.1 Å². The lowest BCUT2D eigenvalue weighted by Gasteiger charge is -2.13. The SMILES string of the molecule is CCCc1csc(CN2CCC(CN)C2)n1. The summed E-state index contributed by atoms with van der Waals surface area (Å²) in [5.74, 6) is 0.704. The molecule has 1 aliphatic rings. The fourth-order valence-corrected chi connectivity index (χ4v) is 3.10. The van der Waals surface area contributed by atoms with Crippen LogP contribution in [0.1, 0.15) is 30.5 Å². The maximum atomic E-state index is 5.69. The Kier molecular flexibility index (Phi) is 4.32. The Bertz CT molecular complexity index is 324. The summed E-state index contributed by atoms with van der Waals surface area (Å²) in [4.78, 5) is 7.14. The second-order valence-electron chi connectivity index (χ2n) is 4.61. The van der Waals surface area contributed by atoms with Gasteiger partial charge in [-0.2, -0.15) is 0 Å². The van der Waals surface area contributed by atoms with Crippen molar-refractivity contribution in [3.05, 3.63) is 16.1 Å². The number of thiazole rings is 1. The van der Waals surface area contributed by atoms with E-state index in [9.17, 15) is 0 Å². The molecule has 0 aliphatic carbocycles. The van der Waals surface area contributed by atoms with E-state index in [2.05, 4.69) is 22.2 Å². The predicted octanol–water partition coefficient (Wildman–Crippen LogP) is 1.88. The van der Waals surface area contributed by atoms with Gasteiger partial charge < -0.3 is 5.73 Å². The molecule has 1 unspecified atom stereocenters. The number of aryl methyl sites for hydroxylation is 1. The first-order valence-electron chi connectivity index (χ1n) is 6.17. The zero-order chi connectivity index (χ0) is 11.4. The van der Waals surface area contributed by atoms with Crippen LogP contribution in [0, 0.1) is 5.92 Å². The van der Waals surface area contributed by atoms with Crippen LogP contribution in [0.15, 0.2) is 5.38 Å². The van der Waals surface area contributed by atoms with E-state index in [-0.39, 0.29) is 0 Å². The summed E-state index contributed by atoms with van der Waals surface area (Å²) in [7, 11) is 0. The Hall–Kier alpha value is -0.450. The van der Waals surface area contributed by atoms with Crippen LogP contribution in [0.2, 0.25) is 0 Å². The molecule has 1 atom stereocenters. The molecule has 16 heavy (non-hydrogen) atoms. The molecule has 0 saturated carbocycles. The van der Waals surface area contributed by atoms with Crippen LogP contribution in [-0.2, 0) is 13.0 Å². The molecule has 0 radical (unpaired) electrons. The van der Waals surface area contributed by atoms with Crippen molar-refractivity contribution in [2.24, 2.45) is 11.7 Å². The highest BCUT2D eigenvalue weighted by atomic mass is 32.1. The lowest BCUT2D eigenvalue weighted by Crippen LogP contribution is -2.22. The predicted molar refractivity (Wildman–Crippen MR) is 68.5 cm³/mol. The van der Waals surface area contributed by atoms with Crippen LogP contribution in [-0.4, -0.2) is 29.5 Å². The molecule has 0 amide bonds. The average Bonchev–Trinajstić information content (AvgIpc) is 2.89. The molecule has 0 spiro atoms. The molecule has 90 valence electrons. The van der Waals surface area contributed by atoms with Crippen LogP contribution in [0.5, 0.6) is 0 Å². The van der Waals surface area contributed by atoms with Gasteiger partial charge in [-0.15, -0.1) is 11.3 Å². The van der Waals surface area contributed by atoms with Crippen molar-refractivity contribution in [2.75, 3.05) is 19.6 Å². The smallest absolute Gasteiger partial charge is 0.107 e. The fourth-order valence-electron chi connectivity index (χ4n) is 2.23. The first-order valence-corrected chi connectivity index (χ1v) is 7.05. The van der Waals surface area contributed by atoms with Gasteiger partial charge in [-0.1, -0.05) is 13.3 Å². The van der Waals surface area contributed by atoms with Gasteiger partial charge in [-0.25, -0.2) is 4.98 Å². The molecule has 1 aromatic heterocycles. The van der Waals surface area contributed by atoms with Gasteiger partial charge in [0.1, 0.15) is 5.01 Å². The summed E-state index contributed by atoms with van der Waals surface area (Å²) >= 11 is 1.80. The summed E-state index contributed by atoms with van der Waals surface area (Å²) in [6.07, 6.45) is 3.55. The summed E-state index contributed by atoms with van der Waals surface area (Å²) in [6, 6.07) is 0. The van der Waals surface area contributed by atoms with Crippen LogP contribution in [0.25, 0.3) is 0 Å². The maximum Gasteiger partial charge on any atom is 0.107 e. The van der Waals surface area contributed by atoms with Gasteiger partial charge in [0.15, 0.2) is 0 Å². The second kappa shape index (κ2) is 5.75. The minimum absolute atomic E-state index is 0.704. The van der Waals surface area contributed by atoms with Crippen molar-refractivity contribution in [3.63, 3.8) is 0 Å². The molecule has 1 aromatic rings. The van der Waals surface area contributed by atoms with Gasteiger partial charge in [0.2, 0.25) is 0 Å². The first-order chi connectivity index (χ1) is 7.81. The van der Waals surface area contributed by atoms with Crippen molar-refractivity contribution < 1.29 is 0 Å². The molecule has 2 N–H and O–H groups in total. The molecule has 2 heterocycles. The zero-order valence-corrected chi connectivity index (χ0v) is 10.8. The normalized spacial score (nSPS) is 21.8. The zero-order valence-electron chi connectivity index (χ0n) is 9.98. The average molecular weight is 239 g/mol. The molecular formula is C12H21N3S. The minimum Gasteiger partial charge on any atom is -0.330 e. The molecule has 0 bridgehead atoms. The van der Waals surface area contributed by atoms with Gasteiger partial charge in [0, 0.05) is 11.9 Å². The van der Waals surface area contributed by atoms with Crippen LogP contribution in [0.3, 0.4) is 0 Å². The Balaban J connectivity index is 1.84. The quantitative estimate of drug-likeness (QED) is 0.853. The summed E-state index contributed by atoms with van der Waals surface area (Å²) in [6.45, 7) is 6.38. The number of nitrogens with zero attached hydrogens (tertiary/aromatic N) is 2. The molecule has 4 heteroatoms. The largest absolute Gasteiger partial charge is 0.330 e. The van der Waals surface area contributed by atoms with E-state index in [0.29, 0.717) is 5.92 Å². The van der Waals surface area contributed by atoms with E-state index in [1.165, 1.54) is 30.1 Å². The summed E-state index contributed by atoms with van der Waals surface area (Å²) < 4.78 is 0. The van der Waals surface area contributed by atoms with Gasteiger partial charge in [0.05, 0.1) is 12.2 Å². The van der Waals surface area contributed by atoms with E-state index in [1.54, 1.807) is 11.3 Å². The third-order valence-corrected chi connectivity index (χ3v) is 4.05. The second-order valence-corrected chi connectivity index (χ2v) is 5.55. The van der Waals surface area contributed by atoms with Crippen molar-refractivity contribution in [1.29, 1.82) is 0 Å². The number of nitrogens with two attached hydrogens (primary N) is 1. The Morgan fingerprint density at radius 1 is 1.62 bits per heavy atom. The molecule has 2 rings (SSSR count). The number of hydrogen-bond donors (Lipinski definition) is 1. The third kappa shape index (κ3) is 3.03. The number of rotatable bonds is 5. The maximum absolute atomic E-state index is 5.69. The highest BCUT2D eigenvalue weighted by Crippen LogP contribution is 2.19. The number of likely N-dealkylation sites (tertiary alicyclic amines) is 1. The first kappa shape index (κ1) is 12.0. The summed E-state index contributed by atoms with van der Waals surface area (Å²) in [5, 5.41) is 3.47. The Morgan fingerprint density at radius 3 is 3.19 bits per heavy atom. The van der Waals surface area contributed by atoms with Crippen molar-refractivity contribution >= 4 is 11.3 Å². The molecular weight excluding hydrogens is 218 g/mol. The highest BCUT2D eigenvalue weighted by molar-refractivity contribution is 7.09. The highest BCUT2D eigenvalue weighted by Gasteiger charge is 2.21. The van der Waals surface area contributed by atoms with E-state index < -0.39 is 0 Å².